The van der Waals surface area contributed by atoms with Gasteiger partial charge in [0.15, 0.2) is 0 Å². The van der Waals surface area contributed by atoms with Crippen LogP contribution in [0.15, 0.2) is 24.5 Å². The van der Waals surface area contributed by atoms with Gasteiger partial charge >= 0.3 is 6.18 Å². The molecule has 0 amide bonds. The molecular weight excluding hydrogens is 278 g/mol. The molecule has 0 unspecified atom stereocenters. The molecule has 0 aliphatic rings. The highest BCUT2D eigenvalue weighted by molar-refractivity contribution is 5.45. The summed E-state index contributed by atoms with van der Waals surface area (Å²) in [6, 6.07) is 2.31. The maximum absolute atomic E-state index is 13.1. The van der Waals surface area contributed by atoms with E-state index in [0.29, 0.717) is 17.7 Å². The predicted octanol–water partition coefficient (Wildman–Crippen LogP) is 3.32. The third-order valence-corrected chi connectivity index (χ3v) is 2.53. The molecule has 20 heavy (non-hydrogen) atoms. The summed E-state index contributed by atoms with van der Waals surface area (Å²) < 4.78 is 56.0. The molecule has 0 bridgehead atoms. The van der Waals surface area contributed by atoms with E-state index in [1.54, 1.807) is 6.92 Å². The summed E-state index contributed by atoms with van der Waals surface area (Å²) in [5.41, 5.74) is 4.50. The van der Waals surface area contributed by atoms with Gasteiger partial charge in [0.05, 0.1) is 11.1 Å². The van der Waals surface area contributed by atoms with Crippen molar-refractivity contribution in [3.05, 3.63) is 41.5 Å². The van der Waals surface area contributed by atoms with Gasteiger partial charge in [-0.3, -0.25) is 0 Å². The Morgan fingerprint density at radius 3 is 2.55 bits per heavy atom. The zero-order valence-corrected chi connectivity index (χ0v) is 10.2. The van der Waals surface area contributed by atoms with E-state index in [1.165, 1.54) is 0 Å². The van der Waals surface area contributed by atoms with Crippen molar-refractivity contribution in [1.82, 2.24) is 9.97 Å². The van der Waals surface area contributed by atoms with E-state index in [4.69, 9.17) is 10.5 Å². The number of benzene rings is 1. The molecule has 2 N–H and O–H groups in total. The second-order valence-corrected chi connectivity index (χ2v) is 3.93. The number of nitrogen functional groups attached to an aromatic ring is 1. The molecule has 0 saturated heterocycles. The lowest BCUT2D eigenvalue weighted by atomic mass is 10.2. The van der Waals surface area contributed by atoms with E-state index in [0.717, 1.165) is 12.4 Å². The minimum atomic E-state index is -4.80. The Morgan fingerprint density at radius 1 is 1.20 bits per heavy atom. The number of rotatable bonds is 2. The lowest BCUT2D eigenvalue weighted by Gasteiger charge is -2.12. The van der Waals surface area contributed by atoms with Crippen LogP contribution in [0, 0.1) is 12.7 Å². The van der Waals surface area contributed by atoms with E-state index in [-0.39, 0.29) is 17.4 Å². The van der Waals surface area contributed by atoms with Gasteiger partial charge < -0.3 is 10.5 Å². The predicted molar refractivity (Wildman–Crippen MR) is 62.7 cm³/mol. The highest BCUT2D eigenvalue weighted by atomic mass is 19.4. The quantitative estimate of drug-likeness (QED) is 0.861. The van der Waals surface area contributed by atoms with Crippen LogP contribution in [0.3, 0.4) is 0 Å². The van der Waals surface area contributed by atoms with E-state index >= 15 is 0 Å². The first-order chi connectivity index (χ1) is 9.29. The summed E-state index contributed by atoms with van der Waals surface area (Å²) in [4.78, 5) is 7.46. The zero-order valence-electron chi connectivity index (χ0n) is 10.2. The smallest absolute Gasteiger partial charge is 0.419 e. The molecular formula is C12H9F4N3O. The van der Waals surface area contributed by atoms with Crippen molar-refractivity contribution in [2.24, 2.45) is 0 Å². The highest BCUT2D eigenvalue weighted by Crippen LogP contribution is 2.35. The first-order valence-corrected chi connectivity index (χ1v) is 5.40. The van der Waals surface area contributed by atoms with Gasteiger partial charge in [-0.1, -0.05) is 0 Å². The van der Waals surface area contributed by atoms with Crippen LogP contribution in [-0.4, -0.2) is 9.97 Å². The van der Waals surface area contributed by atoms with E-state index in [2.05, 4.69) is 9.97 Å². The largest absolute Gasteiger partial charge is 0.439 e. The second-order valence-electron chi connectivity index (χ2n) is 3.93. The highest BCUT2D eigenvalue weighted by Gasteiger charge is 2.34. The summed E-state index contributed by atoms with van der Waals surface area (Å²) in [7, 11) is 0. The van der Waals surface area contributed by atoms with Crippen molar-refractivity contribution in [3.8, 4) is 11.6 Å². The van der Waals surface area contributed by atoms with Crippen molar-refractivity contribution >= 4 is 5.82 Å². The van der Waals surface area contributed by atoms with Crippen LogP contribution in [0.5, 0.6) is 11.6 Å². The Kier molecular flexibility index (Phi) is 3.47. The summed E-state index contributed by atoms with van der Waals surface area (Å²) >= 11 is 0. The summed E-state index contributed by atoms with van der Waals surface area (Å²) in [5, 5.41) is 0. The fourth-order valence-electron chi connectivity index (χ4n) is 1.45. The number of nitrogens with two attached hydrogens (primary N) is 1. The number of ether oxygens (including phenoxy) is 1. The van der Waals surface area contributed by atoms with Crippen LogP contribution < -0.4 is 10.5 Å². The summed E-state index contributed by atoms with van der Waals surface area (Å²) in [5.74, 6) is -1.41. The SMILES string of the molecule is Cc1c(N)ncnc1Oc1ccc(F)c(C(F)(F)F)c1. The minimum Gasteiger partial charge on any atom is -0.439 e. The number of hydrogen-bond acceptors (Lipinski definition) is 4. The number of aromatic nitrogens is 2. The molecule has 0 radical (unpaired) electrons. The Labute approximate surface area is 111 Å². The van der Waals surface area contributed by atoms with Crippen molar-refractivity contribution in [2.45, 2.75) is 13.1 Å². The molecule has 2 rings (SSSR count). The van der Waals surface area contributed by atoms with E-state index < -0.39 is 17.6 Å². The van der Waals surface area contributed by atoms with Crippen molar-refractivity contribution in [1.29, 1.82) is 0 Å². The summed E-state index contributed by atoms with van der Waals surface area (Å²) in [6.45, 7) is 1.55. The Balaban J connectivity index is 2.38. The monoisotopic (exact) mass is 287 g/mol. The Morgan fingerprint density at radius 2 is 1.90 bits per heavy atom. The van der Waals surface area contributed by atoms with Crippen LogP contribution in [0.1, 0.15) is 11.1 Å². The van der Waals surface area contributed by atoms with Crippen LogP contribution in [0.2, 0.25) is 0 Å². The lowest BCUT2D eigenvalue weighted by molar-refractivity contribution is -0.140. The number of alkyl halides is 3. The molecule has 1 aromatic carbocycles. The fraction of sp³-hybridized carbons (Fsp3) is 0.167. The molecule has 0 saturated carbocycles. The average molecular weight is 287 g/mol. The third kappa shape index (κ3) is 2.79. The van der Waals surface area contributed by atoms with E-state index in [1.807, 2.05) is 0 Å². The Bertz CT molecular complexity index is 643. The number of halogens is 4. The maximum atomic E-state index is 13.1. The van der Waals surface area contributed by atoms with Crippen molar-refractivity contribution in [3.63, 3.8) is 0 Å². The average Bonchev–Trinajstić information content (AvgIpc) is 2.36. The topological polar surface area (TPSA) is 61.0 Å². The van der Waals surface area contributed by atoms with Crippen LogP contribution in [0.25, 0.3) is 0 Å². The summed E-state index contributed by atoms with van der Waals surface area (Å²) in [6.07, 6.45) is -3.69. The lowest BCUT2D eigenvalue weighted by Crippen LogP contribution is -2.08. The zero-order chi connectivity index (χ0) is 14.9. The molecule has 106 valence electrons. The van der Waals surface area contributed by atoms with Crippen molar-refractivity contribution in [2.75, 3.05) is 5.73 Å². The van der Waals surface area contributed by atoms with Gasteiger partial charge in [0.2, 0.25) is 5.88 Å². The standard InChI is InChI=1S/C12H9F4N3O/c1-6-10(17)18-5-19-11(6)20-7-2-3-9(13)8(4-7)12(14,15)16/h2-5H,1H3,(H2,17,18,19). The van der Waals surface area contributed by atoms with E-state index in [9.17, 15) is 17.6 Å². The van der Waals surface area contributed by atoms with Gasteiger partial charge in [0, 0.05) is 0 Å². The van der Waals surface area contributed by atoms with Gasteiger partial charge in [0.1, 0.15) is 23.7 Å². The molecule has 2 aromatic rings. The number of nitrogens with zero attached hydrogens (tertiary/aromatic N) is 2. The molecule has 0 aliphatic carbocycles. The van der Waals surface area contributed by atoms with Crippen molar-refractivity contribution < 1.29 is 22.3 Å². The number of hydrogen-bond donors (Lipinski definition) is 1. The molecule has 0 fully saturated rings. The van der Waals surface area contributed by atoms with Crippen LogP contribution in [0.4, 0.5) is 23.4 Å². The fourth-order valence-corrected chi connectivity index (χ4v) is 1.45. The van der Waals surface area contributed by atoms with Gasteiger partial charge in [-0.15, -0.1) is 0 Å². The first kappa shape index (κ1) is 14.0. The molecule has 0 aliphatic heterocycles. The van der Waals surface area contributed by atoms with Crippen LogP contribution >= 0.6 is 0 Å². The van der Waals surface area contributed by atoms with Gasteiger partial charge in [0.25, 0.3) is 0 Å². The molecule has 8 heteroatoms. The van der Waals surface area contributed by atoms with Gasteiger partial charge in [-0.25, -0.2) is 14.4 Å². The number of anilines is 1. The molecule has 4 nitrogen and oxygen atoms in total. The normalized spacial score (nSPS) is 11.4. The maximum Gasteiger partial charge on any atom is 0.419 e. The van der Waals surface area contributed by atoms with Crippen LogP contribution in [-0.2, 0) is 6.18 Å². The first-order valence-electron chi connectivity index (χ1n) is 5.40. The second kappa shape index (κ2) is 4.95. The van der Waals surface area contributed by atoms with Gasteiger partial charge in [-0.2, -0.15) is 13.2 Å². The Hall–Kier alpha value is -2.38. The van der Waals surface area contributed by atoms with Gasteiger partial charge in [-0.05, 0) is 25.1 Å². The molecule has 1 heterocycles. The third-order valence-electron chi connectivity index (χ3n) is 2.53. The molecule has 0 atom stereocenters. The molecule has 0 spiro atoms. The molecule has 1 aromatic heterocycles. The minimum absolute atomic E-state index is 0.0113.